The van der Waals surface area contributed by atoms with Crippen LogP contribution < -0.4 is 5.32 Å². The maximum Gasteiger partial charge on any atom is 0.211 e. The number of benzene rings is 1. The maximum absolute atomic E-state index is 10.2. The lowest BCUT2D eigenvalue weighted by atomic mass is 10.1. The van der Waals surface area contributed by atoms with Gasteiger partial charge in [-0.3, -0.25) is 4.79 Å². The average molecular weight is 161 g/mol. The Balaban J connectivity index is 2.32. The molecule has 0 heterocycles. The molecule has 0 aromatic heterocycles. The lowest BCUT2D eigenvalue weighted by molar-refractivity contribution is -0.105. The van der Waals surface area contributed by atoms with Crippen molar-refractivity contribution in [2.24, 2.45) is 0 Å². The number of nitrogens with one attached hydrogen (secondary N) is 1. The quantitative estimate of drug-likeness (QED) is 0.658. The first-order chi connectivity index (χ1) is 5.90. The summed E-state index contributed by atoms with van der Waals surface area (Å²) in [5, 5.41) is 2.66. The van der Waals surface area contributed by atoms with Gasteiger partial charge in [-0.25, -0.2) is 0 Å². The molecule has 12 heavy (non-hydrogen) atoms. The number of hydrogen-bond donors (Lipinski definition) is 1. The zero-order valence-corrected chi connectivity index (χ0v) is 6.84. The smallest absolute Gasteiger partial charge is 0.211 e. The number of aryl methyl sites for hydroxylation is 2. The van der Waals surface area contributed by atoms with Gasteiger partial charge in [-0.05, 0) is 42.5 Å². The minimum Gasteiger partial charge on any atom is -0.329 e. The van der Waals surface area contributed by atoms with Gasteiger partial charge in [0.1, 0.15) is 0 Å². The van der Waals surface area contributed by atoms with Gasteiger partial charge in [0.15, 0.2) is 0 Å². The first kappa shape index (κ1) is 7.35. The van der Waals surface area contributed by atoms with Crippen molar-refractivity contribution in [2.75, 3.05) is 5.32 Å². The summed E-state index contributed by atoms with van der Waals surface area (Å²) in [5.74, 6) is 0. The summed E-state index contributed by atoms with van der Waals surface area (Å²) >= 11 is 0. The predicted octanol–water partition coefficient (Wildman–Crippen LogP) is 1.74. The molecule has 0 aliphatic heterocycles. The van der Waals surface area contributed by atoms with E-state index in [1.807, 2.05) is 6.07 Å². The van der Waals surface area contributed by atoms with Gasteiger partial charge in [-0.1, -0.05) is 6.07 Å². The highest BCUT2D eigenvalue weighted by molar-refractivity contribution is 5.71. The molecule has 2 rings (SSSR count). The van der Waals surface area contributed by atoms with Gasteiger partial charge in [-0.2, -0.15) is 0 Å². The third-order valence-electron chi connectivity index (χ3n) is 2.32. The minimum absolute atomic E-state index is 0.719. The van der Waals surface area contributed by atoms with E-state index < -0.39 is 0 Å². The minimum atomic E-state index is 0.719. The molecule has 0 saturated carbocycles. The Morgan fingerprint density at radius 2 is 2.08 bits per heavy atom. The second-order valence-corrected chi connectivity index (χ2v) is 3.10. The van der Waals surface area contributed by atoms with Gasteiger partial charge in [0.05, 0.1) is 0 Å². The summed E-state index contributed by atoms with van der Waals surface area (Å²) in [6, 6.07) is 6.13. The molecule has 1 aliphatic carbocycles. The van der Waals surface area contributed by atoms with Crippen molar-refractivity contribution in [1.82, 2.24) is 0 Å². The van der Waals surface area contributed by atoms with E-state index in [0.717, 1.165) is 18.5 Å². The molecule has 0 radical (unpaired) electrons. The maximum atomic E-state index is 10.2. The van der Waals surface area contributed by atoms with Gasteiger partial charge in [-0.15, -0.1) is 0 Å². The second-order valence-electron chi connectivity index (χ2n) is 3.10. The van der Waals surface area contributed by atoms with Crippen molar-refractivity contribution in [3.05, 3.63) is 29.3 Å². The van der Waals surface area contributed by atoms with E-state index in [4.69, 9.17) is 0 Å². The molecule has 0 saturated heterocycles. The molecular formula is C10H11NO. The Bertz CT molecular complexity index is 307. The fourth-order valence-corrected chi connectivity index (χ4v) is 1.73. The monoisotopic (exact) mass is 161 g/mol. The van der Waals surface area contributed by atoms with Crippen LogP contribution in [0.2, 0.25) is 0 Å². The van der Waals surface area contributed by atoms with Crippen LogP contribution in [-0.2, 0) is 17.6 Å². The highest BCUT2D eigenvalue weighted by Crippen LogP contribution is 2.24. The highest BCUT2D eigenvalue weighted by Gasteiger charge is 2.09. The number of anilines is 1. The Kier molecular flexibility index (Phi) is 1.82. The zero-order valence-electron chi connectivity index (χ0n) is 6.84. The Morgan fingerprint density at radius 1 is 1.25 bits per heavy atom. The lowest BCUT2D eigenvalue weighted by Gasteiger charge is -2.02. The fraction of sp³-hybridized carbons (Fsp3) is 0.300. The van der Waals surface area contributed by atoms with Crippen LogP contribution in [0.1, 0.15) is 17.5 Å². The number of carbonyl (C=O) groups excluding carboxylic acids is 1. The number of hydrogen-bond acceptors (Lipinski definition) is 1. The first-order valence-electron chi connectivity index (χ1n) is 4.22. The van der Waals surface area contributed by atoms with E-state index in [1.165, 1.54) is 24.0 Å². The SMILES string of the molecule is O=CNc1ccc2c(c1)CCC2. The van der Waals surface area contributed by atoms with Crippen LogP contribution in [0.25, 0.3) is 0 Å². The van der Waals surface area contributed by atoms with E-state index in [9.17, 15) is 4.79 Å². The van der Waals surface area contributed by atoms with E-state index in [1.54, 1.807) is 0 Å². The standard InChI is InChI=1S/C10H11NO/c12-7-11-10-5-4-8-2-1-3-9(8)6-10/h4-7H,1-3H2,(H,11,12). The van der Waals surface area contributed by atoms with Crippen molar-refractivity contribution >= 4 is 12.1 Å². The molecule has 0 bridgehead atoms. The number of rotatable bonds is 2. The molecule has 1 aromatic rings. The molecule has 0 atom stereocenters. The second kappa shape index (κ2) is 2.97. The largest absolute Gasteiger partial charge is 0.329 e. The van der Waals surface area contributed by atoms with Gasteiger partial charge >= 0.3 is 0 Å². The van der Waals surface area contributed by atoms with Crippen molar-refractivity contribution < 1.29 is 4.79 Å². The zero-order chi connectivity index (χ0) is 8.39. The van der Waals surface area contributed by atoms with E-state index in [2.05, 4.69) is 17.4 Å². The van der Waals surface area contributed by atoms with Gasteiger partial charge in [0, 0.05) is 5.69 Å². The molecule has 1 amide bonds. The van der Waals surface area contributed by atoms with Gasteiger partial charge in [0.2, 0.25) is 6.41 Å². The third-order valence-corrected chi connectivity index (χ3v) is 2.32. The molecule has 0 unspecified atom stereocenters. The lowest BCUT2D eigenvalue weighted by Crippen LogP contribution is -1.94. The van der Waals surface area contributed by atoms with Crippen molar-refractivity contribution in [1.29, 1.82) is 0 Å². The Hall–Kier alpha value is -1.31. The van der Waals surface area contributed by atoms with E-state index in [0.29, 0.717) is 0 Å². The first-order valence-corrected chi connectivity index (χ1v) is 4.22. The third kappa shape index (κ3) is 1.20. The van der Waals surface area contributed by atoms with Crippen molar-refractivity contribution in [3.63, 3.8) is 0 Å². The molecular weight excluding hydrogens is 150 g/mol. The van der Waals surface area contributed by atoms with Crippen LogP contribution in [0.5, 0.6) is 0 Å². The molecule has 1 N–H and O–H groups in total. The molecule has 0 fully saturated rings. The molecule has 1 aromatic carbocycles. The summed E-state index contributed by atoms with van der Waals surface area (Å²) < 4.78 is 0. The topological polar surface area (TPSA) is 29.1 Å². The average Bonchev–Trinajstić information content (AvgIpc) is 2.51. The van der Waals surface area contributed by atoms with Gasteiger partial charge < -0.3 is 5.32 Å². The van der Waals surface area contributed by atoms with E-state index in [-0.39, 0.29) is 0 Å². The van der Waals surface area contributed by atoms with Crippen LogP contribution in [0.15, 0.2) is 18.2 Å². The number of amides is 1. The summed E-state index contributed by atoms with van der Waals surface area (Å²) in [6.07, 6.45) is 4.32. The molecule has 0 spiro atoms. The number of fused-ring (bicyclic) bond motifs is 1. The summed E-state index contributed by atoms with van der Waals surface area (Å²) in [5.41, 5.74) is 3.74. The van der Waals surface area contributed by atoms with Crippen molar-refractivity contribution in [3.8, 4) is 0 Å². The van der Waals surface area contributed by atoms with Crippen molar-refractivity contribution in [2.45, 2.75) is 19.3 Å². The fourth-order valence-electron chi connectivity index (χ4n) is 1.73. The summed E-state index contributed by atoms with van der Waals surface area (Å²) in [6.45, 7) is 0. The molecule has 1 aliphatic rings. The Labute approximate surface area is 71.6 Å². The molecule has 2 heteroatoms. The summed E-state index contributed by atoms with van der Waals surface area (Å²) in [4.78, 5) is 10.2. The summed E-state index contributed by atoms with van der Waals surface area (Å²) in [7, 11) is 0. The van der Waals surface area contributed by atoms with Crippen LogP contribution >= 0.6 is 0 Å². The highest BCUT2D eigenvalue weighted by atomic mass is 16.1. The molecule has 2 nitrogen and oxygen atoms in total. The van der Waals surface area contributed by atoms with E-state index >= 15 is 0 Å². The van der Waals surface area contributed by atoms with Crippen LogP contribution in [0, 0.1) is 0 Å². The predicted molar refractivity (Wildman–Crippen MR) is 48.2 cm³/mol. The van der Waals surface area contributed by atoms with Crippen LogP contribution in [0.3, 0.4) is 0 Å². The van der Waals surface area contributed by atoms with Gasteiger partial charge in [0.25, 0.3) is 0 Å². The Morgan fingerprint density at radius 3 is 2.92 bits per heavy atom. The van der Waals surface area contributed by atoms with Crippen LogP contribution in [-0.4, -0.2) is 6.41 Å². The molecule has 62 valence electrons. The number of carbonyl (C=O) groups is 1. The van der Waals surface area contributed by atoms with Crippen LogP contribution in [0.4, 0.5) is 5.69 Å². The normalized spacial score (nSPS) is 14.0.